The highest BCUT2D eigenvalue weighted by atomic mass is 16.5. The van der Waals surface area contributed by atoms with Crippen LogP contribution in [0.5, 0.6) is 0 Å². The Bertz CT molecular complexity index is 215. The predicted molar refractivity (Wildman–Crippen MR) is 72.4 cm³/mol. The second-order valence-electron chi connectivity index (χ2n) is 4.56. The first kappa shape index (κ1) is 14.3. The Labute approximate surface area is 105 Å². The molecule has 0 aromatic rings. The normalized spacial score (nSPS) is 16.0. The Hall–Kier alpha value is -0.770. The van der Waals surface area contributed by atoms with E-state index >= 15 is 0 Å². The quantitative estimate of drug-likeness (QED) is 0.367. The van der Waals surface area contributed by atoms with Gasteiger partial charge in [0.2, 0.25) is 0 Å². The summed E-state index contributed by atoms with van der Waals surface area (Å²) in [5, 5.41) is 6.63. The van der Waals surface area contributed by atoms with Crippen LogP contribution in [-0.4, -0.2) is 39.3 Å². The predicted octanol–water partition coefficient (Wildman–Crippen LogP) is 1.77. The van der Waals surface area contributed by atoms with Crippen molar-refractivity contribution in [3.05, 3.63) is 0 Å². The maximum absolute atomic E-state index is 5.28. The van der Waals surface area contributed by atoms with Gasteiger partial charge in [0.25, 0.3) is 0 Å². The molecule has 0 spiro atoms. The molecule has 1 saturated carbocycles. The molecule has 1 aliphatic rings. The first-order valence-electron chi connectivity index (χ1n) is 6.89. The van der Waals surface area contributed by atoms with Crippen molar-refractivity contribution in [2.24, 2.45) is 10.9 Å². The minimum absolute atomic E-state index is 0.800. The summed E-state index contributed by atoms with van der Waals surface area (Å²) in [6, 6.07) is 0. The molecule has 0 bridgehead atoms. The lowest BCUT2D eigenvalue weighted by atomic mass is 10.2. The third-order valence-corrected chi connectivity index (χ3v) is 2.96. The largest absolute Gasteiger partial charge is 0.382 e. The van der Waals surface area contributed by atoms with Gasteiger partial charge in [-0.3, -0.25) is 4.99 Å². The summed E-state index contributed by atoms with van der Waals surface area (Å²) in [6.07, 6.45) is 6.55. The van der Waals surface area contributed by atoms with E-state index in [2.05, 4.69) is 15.6 Å². The third-order valence-electron chi connectivity index (χ3n) is 2.96. The number of nitrogens with one attached hydrogen (secondary N) is 2. The summed E-state index contributed by atoms with van der Waals surface area (Å²) in [5.74, 6) is 1.94. The van der Waals surface area contributed by atoms with Crippen LogP contribution in [0.1, 0.15) is 39.0 Å². The number of ether oxygens (including phenoxy) is 1. The van der Waals surface area contributed by atoms with Crippen LogP contribution >= 0.6 is 0 Å². The zero-order valence-electron chi connectivity index (χ0n) is 11.3. The lowest BCUT2D eigenvalue weighted by Crippen LogP contribution is -2.38. The fourth-order valence-corrected chi connectivity index (χ4v) is 1.75. The SMILES string of the molecule is CCOCCCNC(=NC)NCCCC1CC1. The Morgan fingerprint density at radius 3 is 2.53 bits per heavy atom. The van der Waals surface area contributed by atoms with Crippen molar-refractivity contribution < 1.29 is 4.74 Å². The van der Waals surface area contributed by atoms with Crippen LogP contribution in [-0.2, 0) is 4.74 Å². The van der Waals surface area contributed by atoms with Crippen molar-refractivity contribution in [1.29, 1.82) is 0 Å². The zero-order chi connectivity index (χ0) is 12.3. The van der Waals surface area contributed by atoms with Gasteiger partial charge in [-0.1, -0.05) is 12.8 Å². The summed E-state index contributed by atoms with van der Waals surface area (Å²) < 4.78 is 5.28. The second kappa shape index (κ2) is 9.28. The van der Waals surface area contributed by atoms with E-state index in [1.807, 2.05) is 14.0 Å². The molecule has 1 fully saturated rings. The fraction of sp³-hybridized carbons (Fsp3) is 0.923. The van der Waals surface area contributed by atoms with Gasteiger partial charge in [-0.2, -0.15) is 0 Å². The Kier molecular flexibility index (Phi) is 7.80. The van der Waals surface area contributed by atoms with Gasteiger partial charge >= 0.3 is 0 Å². The van der Waals surface area contributed by atoms with Crippen LogP contribution in [0.4, 0.5) is 0 Å². The van der Waals surface area contributed by atoms with E-state index in [1.165, 1.54) is 25.7 Å². The molecule has 0 aliphatic heterocycles. The summed E-state index contributed by atoms with van der Waals surface area (Å²) >= 11 is 0. The van der Waals surface area contributed by atoms with E-state index < -0.39 is 0 Å². The molecule has 0 amide bonds. The minimum atomic E-state index is 0.800. The molecular formula is C13H27N3O. The van der Waals surface area contributed by atoms with Crippen LogP contribution in [0.25, 0.3) is 0 Å². The van der Waals surface area contributed by atoms with Gasteiger partial charge in [0.15, 0.2) is 5.96 Å². The van der Waals surface area contributed by atoms with Crippen LogP contribution in [0.15, 0.2) is 4.99 Å². The van der Waals surface area contributed by atoms with Gasteiger partial charge in [-0.05, 0) is 32.1 Å². The fourth-order valence-electron chi connectivity index (χ4n) is 1.75. The lowest BCUT2D eigenvalue weighted by Gasteiger charge is -2.11. The second-order valence-corrected chi connectivity index (χ2v) is 4.56. The van der Waals surface area contributed by atoms with Crippen LogP contribution < -0.4 is 10.6 Å². The molecular weight excluding hydrogens is 214 g/mol. The number of rotatable bonds is 9. The monoisotopic (exact) mass is 241 g/mol. The van der Waals surface area contributed by atoms with Gasteiger partial charge < -0.3 is 15.4 Å². The molecule has 2 N–H and O–H groups in total. The molecule has 0 radical (unpaired) electrons. The molecule has 0 saturated heterocycles. The molecule has 100 valence electrons. The van der Waals surface area contributed by atoms with Gasteiger partial charge in [-0.25, -0.2) is 0 Å². The van der Waals surface area contributed by atoms with Crippen LogP contribution in [0, 0.1) is 5.92 Å². The van der Waals surface area contributed by atoms with Crippen molar-refractivity contribution in [2.75, 3.05) is 33.4 Å². The van der Waals surface area contributed by atoms with E-state index in [9.17, 15) is 0 Å². The third kappa shape index (κ3) is 8.02. The molecule has 0 heterocycles. The van der Waals surface area contributed by atoms with Gasteiger partial charge in [-0.15, -0.1) is 0 Å². The molecule has 0 atom stereocenters. The van der Waals surface area contributed by atoms with E-state index in [0.29, 0.717) is 0 Å². The molecule has 0 unspecified atom stereocenters. The van der Waals surface area contributed by atoms with Gasteiger partial charge in [0.05, 0.1) is 0 Å². The van der Waals surface area contributed by atoms with Crippen molar-refractivity contribution in [1.82, 2.24) is 10.6 Å². The maximum atomic E-state index is 5.28. The Morgan fingerprint density at radius 1 is 1.24 bits per heavy atom. The van der Waals surface area contributed by atoms with Crippen LogP contribution in [0.3, 0.4) is 0 Å². The summed E-state index contributed by atoms with van der Waals surface area (Å²) in [4.78, 5) is 4.19. The van der Waals surface area contributed by atoms with Gasteiger partial charge in [0.1, 0.15) is 0 Å². The molecule has 1 rings (SSSR count). The average molecular weight is 241 g/mol. The van der Waals surface area contributed by atoms with Crippen molar-refractivity contribution in [2.45, 2.75) is 39.0 Å². The highest BCUT2D eigenvalue weighted by Gasteiger charge is 2.19. The van der Waals surface area contributed by atoms with E-state index in [-0.39, 0.29) is 0 Å². The molecule has 0 aromatic heterocycles. The molecule has 4 heteroatoms. The average Bonchev–Trinajstić information content (AvgIpc) is 3.15. The smallest absolute Gasteiger partial charge is 0.190 e. The number of aliphatic imine (C=N–C) groups is 1. The number of hydrogen-bond acceptors (Lipinski definition) is 2. The van der Waals surface area contributed by atoms with E-state index in [1.54, 1.807) is 0 Å². The Balaban J connectivity index is 1.91. The standard InChI is InChI=1S/C13H27N3O/c1-3-17-11-5-10-16-13(14-2)15-9-4-6-12-7-8-12/h12H,3-11H2,1-2H3,(H2,14,15,16). The summed E-state index contributed by atoms with van der Waals surface area (Å²) in [7, 11) is 1.82. The van der Waals surface area contributed by atoms with Gasteiger partial charge in [0, 0.05) is 33.4 Å². The lowest BCUT2D eigenvalue weighted by molar-refractivity contribution is 0.145. The topological polar surface area (TPSA) is 45.6 Å². The van der Waals surface area contributed by atoms with Crippen molar-refractivity contribution >= 4 is 5.96 Å². The minimum Gasteiger partial charge on any atom is -0.382 e. The number of guanidine groups is 1. The zero-order valence-corrected chi connectivity index (χ0v) is 11.3. The molecule has 4 nitrogen and oxygen atoms in total. The summed E-state index contributed by atoms with van der Waals surface area (Å²) in [5.41, 5.74) is 0. The maximum Gasteiger partial charge on any atom is 0.190 e. The highest BCUT2D eigenvalue weighted by molar-refractivity contribution is 5.79. The molecule has 17 heavy (non-hydrogen) atoms. The van der Waals surface area contributed by atoms with E-state index in [0.717, 1.165) is 44.6 Å². The molecule has 0 aromatic carbocycles. The van der Waals surface area contributed by atoms with Crippen LogP contribution in [0.2, 0.25) is 0 Å². The highest BCUT2D eigenvalue weighted by Crippen LogP contribution is 2.33. The van der Waals surface area contributed by atoms with E-state index in [4.69, 9.17) is 4.74 Å². The Morgan fingerprint density at radius 2 is 1.94 bits per heavy atom. The number of hydrogen-bond donors (Lipinski definition) is 2. The summed E-state index contributed by atoms with van der Waals surface area (Å²) in [6.45, 7) is 5.59. The molecule has 1 aliphatic carbocycles. The first-order chi connectivity index (χ1) is 8.36. The van der Waals surface area contributed by atoms with Crippen molar-refractivity contribution in [3.8, 4) is 0 Å². The van der Waals surface area contributed by atoms with Crippen molar-refractivity contribution in [3.63, 3.8) is 0 Å². The first-order valence-corrected chi connectivity index (χ1v) is 6.89. The number of nitrogens with zero attached hydrogens (tertiary/aromatic N) is 1.